The number of benzene rings is 1. The number of carbonyl (C=O) groups excluding carboxylic acids is 3. The number of anilines is 1. The lowest BCUT2D eigenvalue weighted by Gasteiger charge is -2.08. The summed E-state index contributed by atoms with van der Waals surface area (Å²) in [6, 6.07) is 10.1. The molecule has 2 rings (SSSR count). The summed E-state index contributed by atoms with van der Waals surface area (Å²) in [6.45, 7) is 1.07. The molecule has 0 aliphatic carbocycles. The highest BCUT2D eigenvalue weighted by Gasteiger charge is 2.12. The van der Waals surface area contributed by atoms with Crippen LogP contribution in [0.4, 0.5) is 5.69 Å². The number of nitrogens with one attached hydrogen (secondary N) is 2. The zero-order valence-corrected chi connectivity index (χ0v) is 14.2. The van der Waals surface area contributed by atoms with Crippen molar-refractivity contribution in [3.63, 3.8) is 0 Å². The van der Waals surface area contributed by atoms with Gasteiger partial charge < -0.3 is 15.4 Å². The van der Waals surface area contributed by atoms with Crippen molar-refractivity contribution < 1.29 is 19.1 Å². The van der Waals surface area contributed by atoms with Gasteiger partial charge >= 0.3 is 5.97 Å². The van der Waals surface area contributed by atoms with Crippen LogP contribution in [-0.2, 0) is 14.3 Å². The number of hydrogen-bond donors (Lipinski definition) is 2. The minimum Gasteiger partial charge on any atom is -0.454 e. The van der Waals surface area contributed by atoms with Crippen LogP contribution in [0.2, 0.25) is 5.02 Å². The van der Waals surface area contributed by atoms with Gasteiger partial charge in [-0.2, -0.15) is 0 Å². The Morgan fingerprint density at radius 3 is 2.72 bits per heavy atom. The summed E-state index contributed by atoms with van der Waals surface area (Å²) in [4.78, 5) is 38.9. The average molecular weight is 362 g/mol. The smallest absolute Gasteiger partial charge is 0.325 e. The molecular weight excluding hydrogens is 346 g/mol. The first-order valence-electron chi connectivity index (χ1n) is 7.36. The van der Waals surface area contributed by atoms with Gasteiger partial charge in [0, 0.05) is 16.9 Å². The summed E-state index contributed by atoms with van der Waals surface area (Å²) in [5.74, 6) is -1.78. The number of aromatic nitrogens is 1. The van der Waals surface area contributed by atoms with Gasteiger partial charge in [-0.05, 0) is 36.8 Å². The summed E-state index contributed by atoms with van der Waals surface area (Å²) in [5.41, 5.74) is 1.69. The molecule has 2 N–H and O–H groups in total. The van der Waals surface area contributed by atoms with Crippen LogP contribution in [-0.4, -0.2) is 35.9 Å². The molecule has 0 saturated heterocycles. The lowest BCUT2D eigenvalue weighted by Crippen LogP contribution is -2.32. The molecule has 8 heteroatoms. The predicted molar refractivity (Wildman–Crippen MR) is 92.3 cm³/mol. The van der Waals surface area contributed by atoms with E-state index >= 15 is 0 Å². The van der Waals surface area contributed by atoms with Crippen molar-refractivity contribution in [2.75, 3.05) is 18.5 Å². The number of halogens is 1. The number of amides is 2. The van der Waals surface area contributed by atoms with Crippen molar-refractivity contribution in [2.45, 2.75) is 6.92 Å². The monoisotopic (exact) mass is 361 g/mol. The minimum atomic E-state index is -0.741. The summed E-state index contributed by atoms with van der Waals surface area (Å²) in [5, 5.41) is 5.30. The highest BCUT2D eigenvalue weighted by molar-refractivity contribution is 6.30. The second-order valence-corrected chi connectivity index (χ2v) is 5.56. The van der Waals surface area contributed by atoms with E-state index in [-0.39, 0.29) is 12.2 Å². The van der Waals surface area contributed by atoms with E-state index in [2.05, 4.69) is 15.6 Å². The van der Waals surface area contributed by atoms with Crippen LogP contribution in [0, 0.1) is 6.92 Å². The van der Waals surface area contributed by atoms with Crippen LogP contribution in [0.5, 0.6) is 0 Å². The van der Waals surface area contributed by atoms with Gasteiger partial charge in [-0.15, -0.1) is 0 Å². The van der Waals surface area contributed by atoms with Gasteiger partial charge in [-0.1, -0.05) is 23.7 Å². The standard InChI is InChI=1S/C17H16ClN3O4/c1-11-3-2-4-13(7-11)21-15(22)10-25-16(23)9-20-17(24)14-8-12(18)5-6-19-14/h2-8H,9-10H2,1H3,(H,20,24)(H,21,22). The SMILES string of the molecule is Cc1cccc(NC(=O)COC(=O)CNC(=O)c2cc(Cl)ccn2)c1. The van der Waals surface area contributed by atoms with Gasteiger partial charge in [0.2, 0.25) is 0 Å². The van der Waals surface area contributed by atoms with E-state index < -0.39 is 24.4 Å². The van der Waals surface area contributed by atoms with E-state index in [1.54, 1.807) is 18.2 Å². The predicted octanol–water partition coefficient (Wildman–Crippen LogP) is 1.96. The Hall–Kier alpha value is -2.93. The zero-order chi connectivity index (χ0) is 18.2. The van der Waals surface area contributed by atoms with Crippen molar-refractivity contribution in [1.82, 2.24) is 10.3 Å². The number of aryl methyl sites for hydroxylation is 1. The maximum absolute atomic E-state index is 11.8. The molecule has 7 nitrogen and oxygen atoms in total. The molecule has 0 aliphatic rings. The van der Waals surface area contributed by atoms with Crippen LogP contribution in [0.25, 0.3) is 0 Å². The molecule has 0 radical (unpaired) electrons. The lowest BCUT2D eigenvalue weighted by molar-refractivity contribution is -0.146. The highest BCUT2D eigenvalue weighted by atomic mass is 35.5. The molecule has 1 heterocycles. The van der Waals surface area contributed by atoms with Crippen molar-refractivity contribution in [1.29, 1.82) is 0 Å². The van der Waals surface area contributed by atoms with E-state index in [9.17, 15) is 14.4 Å². The fourth-order valence-electron chi connectivity index (χ4n) is 1.89. The second-order valence-electron chi connectivity index (χ2n) is 5.12. The molecule has 2 aromatic rings. The molecule has 0 spiro atoms. The fourth-order valence-corrected chi connectivity index (χ4v) is 2.05. The molecule has 0 unspecified atom stereocenters. The number of rotatable bonds is 6. The van der Waals surface area contributed by atoms with Gasteiger partial charge in [-0.25, -0.2) is 0 Å². The molecule has 0 saturated carbocycles. The third-order valence-corrected chi connectivity index (χ3v) is 3.25. The van der Waals surface area contributed by atoms with Gasteiger partial charge in [0.1, 0.15) is 12.2 Å². The first-order chi connectivity index (χ1) is 11.9. The third kappa shape index (κ3) is 6.23. The van der Waals surface area contributed by atoms with Gasteiger partial charge in [0.25, 0.3) is 11.8 Å². The average Bonchev–Trinajstić information content (AvgIpc) is 2.58. The zero-order valence-electron chi connectivity index (χ0n) is 13.4. The summed E-state index contributed by atoms with van der Waals surface area (Å²) < 4.78 is 4.80. The molecule has 25 heavy (non-hydrogen) atoms. The number of pyridine rings is 1. The highest BCUT2D eigenvalue weighted by Crippen LogP contribution is 2.09. The number of nitrogens with zero attached hydrogens (tertiary/aromatic N) is 1. The molecule has 0 fully saturated rings. The summed E-state index contributed by atoms with van der Waals surface area (Å²) in [6.07, 6.45) is 1.38. The molecule has 0 bridgehead atoms. The molecule has 0 aliphatic heterocycles. The Balaban J connectivity index is 1.73. The largest absolute Gasteiger partial charge is 0.454 e. The number of carbonyl (C=O) groups is 3. The summed E-state index contributed by atoms with van der Waals surface area (Å²) >= 11 is 5.76. The maximum Gasteiger partial charge on any atom is 0.325 e. The van der Waals surface area contributed by atoms with Crippen molar-refractivity contribution in [3.8, 4) is 0 Å². The van der Waals surface area contributed by atoms with Crippen molar-refractivity contribution >= 4 is 35.1 Å². The molecular formula is C17H16ClN3O4. The first kappa shape index (κ1) is 18.4. The Morgan fingerprint density at radius 1 is 1.20 bits per heavy atom. The second kappa shape index (κ2) is 8.79. The van der Waals surface area contributed by atoms with Crippen molar-refractivity contribution in [3.05, 3.63) is 58.9 Å². The van der Waals surface area contributed by atoms with Crippen LogP contribution in [0.15, 0.2) is 42.6 Å². The Kier molecular flexibility index (Phi) is 6.47. The molecule has 2 amide bonds. The van der Waals surface area contributed by atoms with Gasteiger partial charge in [0.15, 0.2) is 6.61 Å². The first-order valence-corrected chi connectivity index (χ1v) is 7.74. The van der Waals surface area contributed by atoms with Crippen LogP contribution in [0.1, 0.15) is 16.1 Å². The van der Waals surface area contributed by atoms with Crippen LogP contribution >= 0.6 is 11.6 Å². The lowest BCUT2D eigenvalue weighted by atomic mass is 10.2. The van der Waals surface area contributed by atoms with E-state index in [0.717, 1.165) is 5.56 Å². The Bertz CT molecular complexity index is 795. The minimum absolute atomic E-state index is 0.0810. The van der Waals surface area contributed by atoms with E-state index in [1.165, 1.54) is 18.3 Å². The van der Waals surface area contributed by atoms with E-state index in [4.69, 9.17) is 16.3 Å². The van der Waals surface area contributed by atoms with Gasteiger partial charge in [0.05, 0.1) is 0 Å². The molecule has 130 valence electrons. The maximum atomic E-state index is 11.8. The topological polar surface area (TPSA) is 97.4 Å². The molecule has 1 aromatic carbocycles. The third-order valence-electron chi connectivity index (χ3n) is 3.01. The number of esters is 1. The quantitative estimate of drug-likeness (QED) is 0.766. The van der Waals surface area contributed by atoms with Crippen molar-refractivity contribution in [2.24, 2.45) is 0 Å². The van der Waals surface area contributed by atoms with Crippen LogP contribution < -0.4 is 10.6 Å². The normalized spacial score (nSPS) is 10.0. The van der Waals surface area contributed by atoms with Gasteiger partial charge in [-0.3, -0.25) is 19.4 Å². The van der Waals surface area contributed by atoms with Crippen LogP contribution in [0.3, 0.4) is 0 Å². The molecule has 1 aromatic heterocycles. The Morgan fingerprint density at radius 2 is 2.00 bits per heavy atom. The fraction of sp³-hybridized carbons (Fsp3) is 0.176. The molecule has 0 atom stereocenters. The van der Waals surface area contributed by atoms with E-state index in [0.29, 0.717) is 10.7 Å². The van der Waals surface area contributed by atoms with E-state index in [1.807, 2.05) is 13.0 Å². The number of hydrogen-bond acceptors (Lipinski definition) is 5. The summed E-state index contributed by atoms with van der Waals surface area (Å²) in [7, 11) is 0. The number of ether oxygens (including phenoxy) is 1. The Labute approximate surface area is 149 Å².